The lowest BCUT2D eigenvalue weighted by molar-refractivity contribution is -0.140. The molecule has 3 rings (SSSR count). The summed E-state index contributed by atoms with van der Waals surface area (Å²) in [4.78, 5) is 52.5. The first-order valence-corrected chi connectivity index (χ1v) is 9.03. The number of halogens is 2. The predicted molar refractivity (Wildman–Crippen MR) is 95.1 cm³/mol. The summed E-state index contributed by atoms with van der Waals surface area (Å²) in [5.74, 6) is -1.66. The second-order valence-electron chi connectivity index (χ2n) is 6.15. The minimum absolute atomic E-state index is 0.290. The number of nitrogens with zero attached hydrogens (tertiary/aromatic N) is 3. The van der Waals surface area contributed by atoms with Gasteiger partial charge in [0.15, 0.2) is 4.84 Å². The number of benzene rings is 1. The SMILES string of the molecule is CC(C(=O)N1CCN(C(=O)C(Cl)Cl)CC1)N1C(=O)c2ccccc2C1=O. The van der Waals surface area contributed by atoms with Gasteiger partial charge in [0.05, 0.1) is 11.1 Å². The Hall–Kier alpha value is -2.12. The fourth-order valence-corrected chi connectivity index (χ4v) is 3.50. The quantitative estimate of drug-likeness (QED) is 0.565. The molecule has 1 aromatic rings. The lowest BCUT2D eigenvalue weighted by atomic mass is 10.1. The molecule has 4 amide bonds. The van der Waals surface area contributed by atoms with Crippen molar-refractivity contribution < 1.29 is 19.2 Å². The van der Waals surface area contributed by atoms with Gasteiger partial charge in [0.25, 0.3) is 17.7 Å². The van der Waals surface area contributed by atoms with Crippen molar-refractivity contribution >= 4 is 46.8 Å². The molecule has 1 unspecified atom stereocenters. The van der Waals surface area contributed by atoms with Crippen LogP contribution in [-0.2, 0) is 9.59 Å². The number of amides is 4. The molecule has 1 fully saturated rings. The van der Waals surface area contributed by atoms with Crippen LogP contribution in [0, 0.1) is 0 Å². The van der Waals surface area contributed by atoms with E-state index in [4.69, 9.17) is 23.2 Å². The molecule has 0 spiro atoms. The van der Waals surface area contributed by atoms with Crippen molar-refractivity contribution in [2.45, 2.75) is 17.8 Å². The van der Waals surface area contributed by atoms with Crippen molar-refractivity contribution in [3.05, 3.63) is 35.4 Å². The van der Waals surface area contributed by atoms with Gasteiger partial charge in [0.1, 0.15) is 6.04 Å². The fraction of sp³-hybridized carbons (Fsp3) is 0.412. The number of carbonyl (C=O) groups excluding carboxylic acids is 4. The van der Waals surface area contributed by atoms with Gasteiger partial charge >= 0.3 is 0 Å². The topological polar surface area (TPSA) is 78.0 Å². The van der Waals surface area contributed by atoms with Gasteiger partial charge in [-0.1, -0.05) is 35.3 Å². The van der Waals surface area contributed by atoms with Gasteiger partial charge in [-0.25, -0.2) is 0 Å². The molecule has 7 nitrogen and oxygen atoms in total. The molecule has 0 N–H and O–H groups in total. The number of piperazine rings is 1. The smallest absolute Gasteiger partial charge is 0.262 e. The molecule has 138 valence electrons. The molecule has 0 radical (unpaired) electrons. The maximum Gasteiger partial charge on any atom is 0.262 e. The second kappa shape index (κ2) is 7.25. The van der Waals surface area contributed by atoms with E-state index in [1.54, 1.807) is 24.3 Å². The highest BCUT2D eigenvalue weighted by Crippen LogP contribution is 2.25. The van der Waals surface area contributed by atoms with Crippen LogP contribution >= 0.6 is 23.2 Å². The molecule has 0 bridgehead atoms. The number of rotatable bonds is 3. The highest BCUT2D eigenvalue weighted by Gasteiger charge is 2.42. The van der Waals surface area contributed by atoms with E-state index in [0.29, 0.717) is 37.3 Å². The summed E-state index contributed by atoms with van der Waals surface area (Å²) in [6.07, 6.45) is 0. The number of imide groups is 1. The fourth-order valence-electron chi connectivity index (χ4n) is 3.22. The Morgan fingerprint density at radius 2 is 1.31 bits per heavy atom. The van der Waals surface area contributed by atoms with Crippen molar-refractivity contribution in [1.29, 1.82) is 0 Å². The zero-order chi connectivity index (χ0) is 19.0. The zero-order valence-corrected chi connectivity index (χ0v) is 15.5. The van der Waals surface area contributed by atoms with E-state index in [-0.39, 0.29) is 5.91 Å². The average Bonchev–Trinajstić information content (AvgIpc) is 2.91. The van der Waals surface area contributed by atoms with E-state index in [0.717, 1.165) is 4.90 Å². The normalized spacial score (nSPS) is 18.4. The summed E-state index contributed by atoms with van der Waals surface area (Å²) in [5, 5.41) is 0. The van der Waals surface area contributed by atoms with Crippen LogP contribution in [0.2, 0.25) is 0 Å². The maximum atomic E-state index is 12.8. The van der Waals surface area contributed by atoms with Crippen LogP contribution in [0.4, 0.5) is 0 Å². The Kier molecular flexibility index (Phi) is 5.20. The van der Waals surface area contributed by atoms with E-state index < -0.39 is 28.6 Å². The molecule has 0 saturated carbocycles. The molecule has 0 aliphatic carbocycles. The van der Waals surface area contributed by atoms with Crippen LogP contribution < -0.4 is 0 Å². The largest absolute Gasteiger partial charge is 0.337 e. The van der Waals surface area contributed by atoms with Crippen molar-refractivity contribution in [1.82, 2.24) is 14.7 Å². The summed E-state index contributed by atoms with van der Waals surface area (Å²) < 4.78 is 0. The summed E-state index contributed by atoms with van der Waals surface area (Å²) >= 11 is 11.2. The first-order valence-electron chi connectivity index (χ1n) is 8.15. The van der Waals surface area contributed by atoms with Crippen molar-refractivity contribution in [3.63, 3.8) is 0 Å². The van der Waals surface area contributed by atoms with E-state index >= 15 is 0 Å². The summed E-state index contributed by atoms with van der Waals surface area (Å²) in [5.41, 5.74) is 0.616. The number of hydrogen-bond donors (Lipinski definition) is 0. The number of hydrogen-bond acceptors (Lipinski definition) is 4. The van der Waals surface area contributed by atoms with Crippen LogP contribution in [0.15, 0.2) is 24.3 Å². The Balaban J connectivity index is 1.67. The maximum absolute atomic E-state index is 12.8. The average molecular weight is 398 g/mol. The van der Waals surface area contributed by atoms with Crippen LogP contribution in [0.1, 0.15) is 27.6 Å². The molecule has 26 heavy (non-hydrogen) atoms. The van der Waals surface area contributed by atoms with Gasteiger partial charge in [-0.3, -0.25) is 24.1 Å². The van der Waals surface area contributed by atoms with Crippen molar-refractivity contribution in [2.75, 3.05) is 26.2 Å². The predicted octanol–water partition coefficient (Wildman–Crippen LogP) is 1.15. The van der Waals surface area contributed by atoms with Crippen LogP contribution in [-0.4, -0.2) is 75.4 Å². The lowest BCUT2D eigenvalue weighted by Gasteiger charge is -2.37. The molecule has 2 aliphatic heterocycles. The van der Waals surface area contributed by atoms with Crippen molar-refractivity contribution in [2.24, 2.45) is 0 Å². The van der Waals surface area contributed by atoms with E-state index in [1.165, 1.54) is 16.7 Å². The minimum Gasteiger partial charge on any atom is -0.337 e. The van der Waals surface area contributed by atoms with Gasteiger partial charge in [-0.15, -0.1) is 0 Å². The molecular weight excluding hydrogens is 381 g/mol. The first kappa shape index (κ1) is 18.7. The van der Waals surface area contributed by atoms with Gasteiger partial charge in [0.2, 0.25) is 5.91 Å². The highest BCUT2D eigenvalue weighted by molar-refractivity contribution is 6.53. The van der Waals surface area contributed by atoms with E-state index in [1.807, 2.05) is 0 Å². The molecule has 9 heteroatoms. The number of carbonyl (C=O) groups is 4. The van der Waals surface area contributed by atoms with Crippen LogP contribution in [0.3, 0.4) is 0 Å². The Morgan fingerprint density at radius 3 is 1.73 bits per heavy atom. The van der Waals surface area contributed by atoms with Gasteiger partial charge < -0.3 is 9.80 Å². The molecule has 0 aromatic heterocycles. The summed E-state index contributed by atoms with van der Waals surface area (Å²) in [7, 11) is 0. The Labute approximate surface area is 160 Å². The Morgan fingerprint density at radius 1 is 0.885 bits per heavy atom. The monoisotopic (exact) mass is 397 g/mol. The summed E-state index contributed by atoms with van der Waals surface area (Å²) in [6, 6.07) is 5.59. The third-order valence-corrected chi connectivity index (χ3v) is 5.03. The Bertz CT molecular complexity index is 740. The van der Waals surface area contributed by atoms with Gasteiger partial charge in [-0.2, -0.15) is 0 Å². The third kappa shape index (κ3) is 3.17. The van der Waals surface area contributed by atoms with Crippen LogP contribution in [0.25, 0.3) is 0 Å². The molecule has 2 heterocycles. The molecule has 1 atom stereocenters. The van der Waals surface area contributed by atoms with Crippen LogP contribution in [0.5, 0.6) is 0 Å². The number of alkyl halides is 2. The molecule has 1 saturated heterocycles. The first-order chi connectivity index (χ1) is 12.3. The standard InChI is InChI=1S/C17H17Cl2N3O4/c1-10(22-15(24)11-4-2-3-5-12(11)16(22)25)14(23)20-6-8-21(9-7-20)17(26)13(18)19/h2-5,10,13H,6-9H2,1H3. The van der Waals surface area contributed by atoms with E-state index in [9.17, 15) is 19.2 Å². The highest BCUT2D eigenvalue weighted by atomic mass is 35.5. The number of fused-ring (bicyclic) bond motifs is 1. The lowest BCUT2D eigenvalue weighted by Crippen LogP contribution is -2.56. The minimum atomic E-state index is -1.13. The van der Waals surface area contributed by atoms with E-state index in [2.05, 4.69) is 0 Å². The summed E-state index contributed by atoms with van der Waals surface area (Å²) in [6.45, 7) is 2.72. The molecular formula is C17H17Cl2N3O4. The molecule has 2 aliphatic rings. The van der Waals surface area contributed by atoms with Gasteiger partial charge in [-0.05, 0) is 19.1 Å². The zero-order valence-electron chi connectivity index (χ0n) is 14.0. The molecule has 1 aromatic carbocycles. The second-order valence-corrected chi connectivity index (χ2v) is 7.25. The van der Waals surface area contributed by atoms with Gasteiger partial charge in [0, 0.05) is 26.2 Å². The third-order valence-electron chi connectivity index (χ3n) is 4.66. The van der Waals surface area contributed by atoms with Crippen molar-refractivity contribution in [3.8, 4) is 0 Å².